The fraction of sp³-hybridized carbons (Fsp3) is 0.812. The van der Waals surface area contributed by atoms with Crippen LogP contribution in [0.2, 0.25) is 0 Å². The molecule has 1 saturated heterocycles. The van der Waals surface area contributed by atoms with Crippen molar-refractivity contribution in [2.75, 3.05) is 13.1 Å². The maximum atomic E-state index is 12.7. The summed E-state index contributed by atoms with van der Waals surface area (Å²) in [6.45, 7) is 1.79. The number of hydrogen-bond donors (Lipinski definition) is 0. The first-order valence-corrected chi connectivity index (χ1v) is 8.41. The summed E-state index contributed by atoms with van der Waals surface area (Å²) in [4.78, 5) is 14.8. The number of carbonyl (C=O) groups excluding carboxylic acids is 1. The predicted octanol–water partition coefficient (Wildman–Crippen LogP) is 2.41. The molecule has 2 heterocycles. The molecule has 3 fully saturated rings. The lowest BCUT2D eigenvalue weighted by Gasteiger charge is -2.33. The van der Waals surface area contributed by atoms with Crippen molar-refractivity contribution in [1.82, 2.24) is 19.7 Å². The Morgan fingerprint density at radius 3 is 2.38 bits per heavy atom. The Morgan fingerprint density at radius 1 is 1.05 bits per heavy atom. The van der Waals surface area contributed by atoms with Crippen LogP contribution in [0.3, 0.4) is 0 Å². The Labute approximate surface area is 125 Å². The van der Waals surface area contributed by atoms with Gasteiger partial charge in [0.1, 0.15) is 12.7 Å². The third kappa shape index (κ3) is 2.36. The molecule has 5 heteroatoms. The van der Waals surface area contributed by atoms with E-state index >= 15 is 0 Å². The SMILES string of the molecule is O=C([C@@H]1CC12CCCCC2)N1CCC(n2cnnc2)CC1. The highest BCUT2D eigenvalue weighted by molar-refractivity contribution is 5.82. The van der Waals surface area contributed by atoms with Crippen molar-refractivity contribution in [2.45, 2.75) is 57.4 Å². The van der Waals surface area contributed by atoms with Gasteiger partial charge in [-0.1, -0.05) is 19.3 Å². The van der Waals surface area contributed by atoms with Crippen molar-refractivity contribution in [3.63, 3.8) is 0 Å². The van der Waals surface area contributed by atoms with Crippen LogP contribution in [0, 0.1) is 11.3 Å². The molecule has 0 N–H and O–H groups in total. The van der Waals surface area contributed by atoms with Crippen LogP contribution in [0.4, 0.5) is 0 Å². The minimum atomic E-state index is 0.351. The number of nitrogens with zero attached hydrogens (tertiary/aromatic N) is 4. The monoisotopic (exact) mass is 288 g/mol. The van der Waals surface area contributed by atoms with E-state index in [4.69, 9.17) is 0 Å². The van der Waals surface area contributed by atoms with Crippen LogP contribution in [0.15, 0.2) is 12.7 Å². The van der Waals surface area contributed by atoms with Gasteiger partial charge in [0.05, 0.1) is 0 Å². The summed E-state index contributed by atoms with van der Waals surface area (Å²) >= 11 is 0. The van der Waals surface area contributed by atoms with E-state index < -0.39 is 0 Å². The van der Waals surface area contributed by atoms with Crippen molar-refractivity contribution in [2.24, 2.45) is 11.3 Å². The summed E-state index contributed by atoms with van der Waals surface area (Å²) in [6, 6.07) is 0.465. The maximum Gasteiger partial charge on any atom is 0.226 e. The van der Waals surface area contributed by atoms with Gasteiger partial charge < -0.3 is 9.47 Å². The highest BCUT2D eigenvalue weighted by Crippen LogP contribution is 2.62. The van der Waals surface area contributed by atoms with Gasteiger partial charge in [-0.15, -0.1) is 10.2 Å². The van der Waals surface area contributed by atoms with E-state index in [9.17, 15) is 4.79 Å². The minimum absolute atomic E-state index is 0.351. The number of carbonyl (C=O) groups is 1. The van der Waals surface area contributed by atoms with Crippen molar-refractivity contribution in [3.8, 4) is 0 Å². The second kappa shape index (κ2) is 5.11. The summed E-state index contributed by atoms with van der Waals surface area (Å²) in [6.07, 6.45) is 13.4. The molecule has 4 rings (SSSR count). The molecular weight excluding hydrogens is 264 g/mol. The molecule has 0 radical (unpaired) electrons. The molecule has 0 aromatic carbocycles. The maximum absolute atomic E-state index is 12.7. The number of aromatic nitrogens is 3. The summed E-state index contributed by atoms with van der Waals surface area (Å²) in [7, 11) is 0. The van der Waals surface area contributed by atoms with Gasteiger partial charge in [0.25, 0.3) is 0 Å². The van der Waals surface area contributed by atoms with Gasteiger partial charge in [0.2, 0.25) is 5.91 Å². The molecule has 1 aromatic heterocycles. The van der Waals surface area contributed by atoms with Crippen molar-refractivity contribution >= 4 is 5.91 Å². The molecular formula is C16H24N4O. The van der Waals surface area contributed by atoms with Crippen LogP contribution in [0.5, 0.6) is 0 Å². The number of rotatable bonds is 2. The second-order valence-electron chi connectivity index (χ2n) is 7.15. The van der Waals surface area contributed by atoms with Crippen molar-refractivity contribution in [1.29, 1.82) is 0 Å². The highest BCUT2D eigenvalue weighted by atomic mass is 16.2. The first-order chi connectivity index (χ1) is 10.3. The third-order valence-corrected chi connectivity index (χ3v) is 5.97. The van der Waals surface area contributed by atoms with Gasteiger partial charge in [0.15, 0.2) is 0 Å². The Balaban J connectivity index is 1.33. The molecule has 2 aliphatic carbocycles. The van der Waals surface area contributed by atoms with Crippen LogP contribution < -0.4 is 0 Å². The van der Waals surface area contributed by atoms with E-state index in [1.54, 1.807) is 12.7 Å². The van der Waals surface area contributed by atoms with Crippen molar-refractivity contribution in [3.05, 3.63) is 12.7 Å². The van der Waals surface area contributed by atoms with Crippen LogP contribution >= 0.6 is 0 Å². The second-order valence-corrected chi connectivity index (χ2v) is 7.15. The molecule has 21 heavy (non-hydrogen) atoms. The summed E-state index contributed by atoms with van der Waals surface area (Å²) in [5.41, 5.74) is 0.417. The molecule has 1 amide bonds. The first-order valence-electron chi connectivity index (χ1n) is 8.41. The minimum Gasteiger partial charge on any atom is -0.342 e. The van der Waals surface area contributed by atoms with E-state index in [0.29, 0.717) is 23.3 Å². The van der Waals surface area contributed by atoms with E-state index in [1.165, 1.54) is 32.1 Å². The average Bonchev–Trinajstić information content (AvgIpc) is 2.99. The fourth-order valence-electron chi connectivity index (χ4n) is 4.51. The number of likely N-dealkylation sites (tertiary alicyclic amines) is 1. The van der Waals surface area contributed by atoms with Crippen LogP contribution in [0.25, 0.3) is 0 Å². The van der Waals surface area contributed by atoms with Crippen LogP contribution in [0.1, 0.15) is 57.4 Å². The van der Waals surface area contributed by atoms with Gasteiger partial charge in [-0.3, -0.25) is 4.79 Å². The highest BCUT2D eigenvalue weighted by Gasteiger charge is 2.58. The van der Waals surface area contributed by atoms with Crippen molar-refractivity contribution < 1.29 is 4.79 Å². The Kier molecular flexibility index (Phi) is 3.23. The molecule has 2 saturated carbocycles. The van der Waals surface area contributed by atoms with E-state index in [0.717, 1.165) is 32.4 Å². The van der Waals surface area contributed by atoms with Gasteiger partial charge >= 0.3 is 0 Å². The Bertz CT molecular complexity index is 498. The largest absolute Gasteiger partial charge is 0.342 e. The fourth-order valence-corrected chi connectivity index (χ4v) is 4.51. The van der Waals surface area contributed by atoms with E-state index in [1.807, 2.05) is 0 Å². The molecule has 1 atom stereocenters. The lowest BCUT2D eigenvalue weighted by Crippen LogP contribution is -2.40. The molecule has 3 aliphatic rings. The Morgan fingerprint density at radius 2 is 1.71 bits per heavy atom. The van der Waals surface area contributed by atoms with Gasteiger partial charge in [-0.2, -0.15) is 0 Å². The van der Waals surface area contributed by atoms with Gasteiger partial charge in [-0.25, -0.2) is 0 Å². The van der Waals surface area contributed by atoms with E-state index in [-0.39, 0.29) is 0 Å². The zero-order chi connectivity index (χ0) is 14.3. The number of amides is 1. The standard InChI is InChI=1S/C16H24N4O/c21-15(14-10-16(14)6-2-1-3-7-16)19-8-4-13(5-9-19)20-11-17-18-12-20/h11-14H,1-10H2/t14-/m0/s1. The normalized spacial score (nSPS) is 28.8. The average molecular weight is 288 g/mol. The van der Waals surface area contributed by atoms with Crippen LogP contribution in [-0.4, -0.2) is 38.7 Å². The predicted molar refractivity (Wildman–Crippen MR) is 78.5 cm³/mol. The molecule has 1 aromatic rings. The van der Waals surface area contributed by atoms with Gasteiger partial charge in [-0.05, 0) is 37.5 Å². The van der Waals surface area contributed by atoms with E-state index in [2.05, 4.69) is 19.7 Å². The zero-order valence-corrected chi connectivity index (χ0v) is 12.6. The smallest absolute Gasteiger partial charge is 0.226 e. The summed E-state index contributed by atoms with van der Waals surface area (Å²) < 4.78 is 2.08. The van der Waals surface area contributed by atoms with Gasteiger partial charge in [0, 0.05) is 25.0 Å². The molecule has 114 valence electrons. The zero-order valence-electron chi connectivity index (χ0n) is 12.6. The molecule has 0 unspecified atom stereocenters. The Hall–Kier alpha value is -1.39. The molecule has 1 spiro atoms. The quantitative estimate of drug-likeness (QED) is 0.839. The summed E-state index contributed by atoms with van der Waals surface area (Å²) in [5.74, 6) is 0.795. The first kappa shape index (κ1) is 13.3. The van der Waals surface area contributed by atoms with Crippen LogP contribution in [-0.2, 0) is 4.79 Å². The lowest BCUT2D eigenvalue weighted by molar-refractivity contribution is -0.135. The molecule has 1 aliphatic heterocycles. The molecule has 5 nitrogen and oxygen atoms in total. The number of hydrogen-bond acceptors (Lipinski definition) is 3. The topological polar surface area (TPSA) is 51.0 Å². The third-order valence-electron chi connectivity index (χ3n) is 5.97. The molecule has 0 bridgehead atoms. The summed E-state index contributed by atoms with van der Waals surface area (Å²) in [5, 5.41) is 7.76. The number of piperidine rings is 1. The lowest BCUT2D eigenvalue weighted by atomic mass is 9.84.